The van der Waals surface area contributed by atoms with Gasteiger partial charge in [-0.15, -0.1) is 0 Å². The molecule has 1 heterocycles. The molecule has 3 rings (SSSR count). The highest BCUT2D eigenvalue weighted by Gasteiger charge is 2.17. The third kappa shape index (κ3) is 3.31. The second-order valence-corrected chi connectivity index (χ2v) is 5.52. The summed E-state index contributed by atoms with van der Waals surface area (Å²) < 4.78 is 0. The van der Waals surface area contributed by atoms with Gasteiger partial charge in [0.15, 0.2) is 5.78 Å². The Kier molecular flexibility index (Phi) is 4.24. The van der Waals surface area contributed by atoms with Gasteiger partial charge in [-0.05, 0) is 17.2 Å². The summed E-state index contributed by atoms with van der Waals surface area (Å²) in [5.41, 5.74) is 3.20. The van der Waals surface area contributed by atoms with E-state index in [1.807, 2.05) is 54.6 Å². The molecule has 3 aromatic rings. The van der Waals surface area contributed by atoms with Crippen molar-refractivity contribution < 1.29 is 9.59 Å². The molecule has 0 fully saturated rings. The van der Waals surface area contributed by atoms with Crippen molar-refractivity contribution in [2.24, 2.45) is 0 Å². The number of aromatic nitrogens is 1. The maximum atomic E-state index is 12.3. The molecule has 116 valence electrons. The number of nitrogens with one attached hydrogen (secondary N) is 2. The van der Waals surface area contributed by atoms with E-state index in [2.05, 4.69) is 10.3 Å². The summed E-state index contributed by atoms with van der Waals surface area (Å²) in [6.45, 7) is 1.99. The highest BCUT2D eigenvalue weighted by Crippen LogP contribution is 2.23. The Hall–Kier alpha value is -2.88. The second kappa shape index (κ2) is 6.48. The third-order valence-electron chi connectivity index (χ3n) is 3.84. The number of aromatic amines is 1. The molecule has 23 heavy (non-hydrogen) atoms. The van der Waals surface area contributed by atoms with E-state index in [9.17, 15) is 9.59 Å². The minimum absolute atomic E-state index is 0.0629. The molecule has 4 nitrogen and oxygen atoms in total. The lowest BCUT2D eigenvalue weighted by Gasteiger charge is -2.06. The molecule has 0 aliphatic rings. The standard InChI is InChI=1S/C19H18N2O2/c1-13(22)19-16(15-9-5-6-10-17(15)21-19)11-18(23)20-12-14-7-3-2-4-8-14/h2-10,21H,11-12H2,1H3,(H,20,23). The van der Waals surface area contributed by atoms with Gasteiger partial charge in [0, 0.05) is 24.4 Å². The van der Waals surface area contributed by atoms with Gasteiger partial charge in [0.25, 0.3) is 0 Å². The average Bonchev–Trinajstić information content (AvgIpc) is 2.93. The first kappa shape index (κ1) is 15.0. The van der Waals surface area contributed by atoms with E-state index >= 15 is 0 Å². The number of ketones is 1. The van der Waals surface area contributed by atoms with E-state index in [1.165, 1.54) is 6.92 Å². The van der Waals surface area contributed by atoms with Crippen LogP contribution in [0.25, 0.3) is 10.9 Å². The van der Waals surface area contributed by atoms with Crippen LogP contribution in [-0.2, 0) is 17.8 Å². The van der Waals surface area contributed by atoms with Crippen LogP contribution in [0.2, 0.25) is 0 Å². The number of hydrogen-bond acceptors (Lipinski definition) is 2. The zero-order chi connectivity index (χ0) is 16.2. The summed E-state index contributed by atoms with van der Waals surface area (Å²) >= 11 is 0. The maximum absolute atomic E-state index is 12.3. The summed E-state index contributed by atoms with van der Waals surface area (Å²) in [5, 5.41) is 3.83. The number of H-pyrrole nitrogens is 1. The van der Waals surface area contributed by atoms with Crippen molar-refractivity contribution in [2.45, 2.75) is 19.9 Å². The van der Waals surface area contributed by atoms with Crippen LogP contribution in [0.4, 0.5) is 0 Å². The van der Waals surface area contributed by atoms with E-state index in [-0.39, 0.29) is 18.1 Å². The van der Waals surface area contributed by atoms with E-state index in [0.717, 1.165) is 22.0 Å². The van der Waals surface area contributed by atoms with Crippen LogP contribution in [0.1, 0.15) is 28.5 Å². The Morgan fingerprint density at radius 1 is 1.00 bits per heavy atom. The lowest BCUT2D eigenvalue weighted by molar-refractivity contribution is -0.120. The Morgan fingerprint density at radius 3 is 2.43 bits per heavy atom. The molecular weight excluding hydrogens is 288 g/mol. The molecule has 0 radical (unpaired) electrons. The summed E-state index contributed by atoms with van der Waals surface area (Å²) in [6, 6.07) is 17.4. The maximum Gasteiger partial charge on any atom is 0.224 e. The number of amides is 1. The molecule has 1 amide bonds. The Morgan fingerprint density at radius 2 is 1.70 bits per heavy atom. The molecule has 2 N–H and O–H groups in total. The number of benzene rings is 2. The number of Topliss-reactive ketones (excluding diaryl/α,β-unsaturated/α-hetero) is 1. The summed E-state index contributed by atoms with van der Waals surface area (Å²) in [6.07, 6.45) is 0.186. The van der Waals surface area contributed by atoms with Crippen molar-refractivity contribution in [1.82, 2.24) is 10.3 Å². The predicted octanol–water partition coefficient (Wildman–Crippen LogP) is 3.23. The number of hydrogen-bond donors (Lipinski definition) is 2. The van der Waals surface area contributed by atoms with Gasteiger partial charge >= 0.3 is 0 Å². The minimum Gasteiger partial charge on any atom is -0.352 e. The van der Waals surface area contributed by atoms with E-state index < -0.39 is 0 Å². The van der Waals surface area contributed by atoms with Gasteiger partial charge in [0.05, 0.1) is 12.1 Å². The summed E-state index contributed by atoms with van der Waals surface area (Å²) in [5.74, 6) is -0.159. The van der Waals surface area contributed by atoms with Gasteiger partial charge in [0.2, 0.25) is 5.91 Å². The number of carbonyl (C=O) groups excluding carboxylic acids is 2. The van der Waals surface area contributed by atoms with Crippen molar-refractivity contribution in [1.29, 1.82) is 0 Å². The quantitative estimate of drug-likeness (QED) is 0.711. The van der Waals surface area contributed by atoms with Crippen molar-refractivity contribution in [3.63, 3.8) is 0 Å². The van der Waals surface area contributed by atoms with Crippen LogP contribution in [-0.4, -0.2) is 16.7 Å². The van der Waals surface area contributed by atoms with Crippen LogP contribution in [0.5, 0.6) is 0 Å². The Balaban J connectivity index is 1.79. The van der Waals surface area contributed by atoms with E-state index in [4.69, 9.17) is 0 Å². The number of rotatable bonds is 5. The molecule has 4 heteroatoms. The molecule has 0 spiro atoms. The third-order valence-corrected chi connectivity index (χ3v) is 3.84. The van der Waals surface area contributed by atoms with Crippen molar-refractivity contribution in [3.8, 4) is 0 Å². The molecule has 1 aromatic heterocycles. The number of fused-ring (bicyclic) bond motifs is 1. The minimum atomic E-state index is -0.0962. The lowest BCUT2D eigenvalue weighted by Crippen LogP contribution is -2.25. The highest BCUT2D eigenvalue weighted by molar-refractivity contribution is 6.02. The van der Waals surface area contributed by atoms with Crippen LogP contribution in [0.3, 0.4) is 0 Å². The highest BCUT2D eigenvalue weighted by atomic mass is 16.1. The van der Waals surface area contributed by atoms with E-state index in [1.54, 1.807) is 0 Å². The van der Waals surface area contributed by atoms with Crippen LogP contribution >= 0.6 is 0 Å². The SMILES string of the molecule is CC(=O)c1[nH]c2ccccc2c1CC(=O)NCc1ccccc1. The lowest BCUT2D eigenvalue weighted by atomic mass is 10.1. The monoisotopic (exact) mass is 306 g/mol. The molecule has 0 atom stereocenters. The van der Waals surface area contributed by atoms with Gasteiger partial charge < -0.3 is 10.3 Å². The smallest absolute Gasteiger partial charge is 0.224 e. The van der Waals surface area contributed by atoms with Gasteiger partial charge in [-0.3, -0.25) is 9.59 Å². The fourth-order valence-corrected chi connectivity index (χ4v) is 2.70. The fourth-order valence-electron chi connectivity index (χ4n) is 2.70. The van der Waals surface area contributed by atoms with E-state index in [0.29, 0.717) is 12.2 Å². The summed E-state index contributed by atoms with van der Waals surface area (Å²) in [4.78, 5) is 27.2. The second-order valence-electron chi connectivity index (χ2n) is 5.52. The number of para-hydroxylation sites is 1. The van der Waals surface area contributed by atoms with Gasteiger partial charge in [0.1, 0.15) is 0 Å². The van der Waals surface area contributed by atoms with Gasteiger partial charge in [-0.2, -0.15) is 0 Å². The first-order valence-electron chi connectivity index (χ1n) is 7.56. The average molecular weight is 306 g/mol. The first-order valence-corrected chi connectivity index (χ1v) is 7.56. The molecular formula is C19H18N2O2. The molecule has 0 unspecified atom stereocenters. The molecule has 0 saturated heterocycles. The van der Waals surface area contributed by atoms with Crippen LogP contribution in [0.15, 0.2) is 54.6 Å². The Labute approximate surface area is 134 Å². The first-order chi connectivity index (χ1) is 11.1. The fraction of sp³-hybridized carbons (Fsp3) is 0.158. The molecule has 0 saturated carbocycles. The van der Waals surface area contributed by atoms with Gasteiger partial charge in [-0.25, -0.2) is 0 Å². The largest absolute Gasteiger partial charge is 0.352 e. The predicted molar refractivity (Wildman–Crippen MR) is 90.3 cm³/mol. The molecule has 0 aliphatic carbocycles. The Bertz CT molecular complexity index is 850. The van der Waals surface area contributed by atoms with Crippen LogP contribution in [0, 0.1) is 0 Å². The number of carbonyl (C=O) groups is 2. The van der Waals surface area contributed by atoms with Crippen molar-refractivity contribution >= 4 is 22.6 Å². The normalized spacial score (nSPS) is 10.7. The zero-order valence-corrected chi connectivity index (χ0v) is 12.9. The van der Waals surface area contributed by atoms with Crippen molar-refractivity contribution in [3.05, 3.63) is 71.4 Å². The molecule has 0 aliphatic heterocycles. The molecule has 0 bridgehead atoms. The summed E-state index contributed by atoms with van der Waals surface area (Å²) in [7, 11) is 0. The van der Waals surface area contributed by atoms with Gasteiger partial charge in [-0.1, -0.05) is 48.5 Å². The van der Waals surface area contributed by atoms with Crippen LogP contribution < -0.4 is 5.32 Å². The van der Waals surface area contributed by atoms with Crippen molar-refractivity contribution in [2.75, 3.05) is 0 Å². The molecule has 2 aromatic carbocycles. The zero-order valence-electron chi connectivity index (χ0n) is 12.9. The topological polar surface area (TPSA) is 62.0 Å².